The molecule has 4 heteroatoms. The second kappa shape index (κ2) is 7.03. The molecule has 4 nitrogen and oxygen atoms in total. The maximum absolute atomic E-state index is 10.2. The number of hydrogen-bond acceptors (Lipinski definition) is 2. The Kier molecular flexibility index (Phi) is 4.86. The van der Waals surface area contributed by atoms with E-state index in [4.69, 9.17) is 5.73 Å². The summed E-state index contributed by atoms with van der Waals surface area (Å²) in [6.07, 6.45) is 10.8. The highest BCUT2D eigenvalue weighted by Gasteiger charge is 2.17. The lowest BCUT2D eigenvalue weighted by Gasteiger charge is -2.23. The molecule has 2 aliphatic rings. The normalized spacial score (nSPS) is 19.7. The fourth-order valence-corrected chi connectivity index (χ4v) is 3.73. The van der Waals surface area contributed by atoms with Gasteiger partial charge in [0.1, 0.15) is 5.75 Å². The molecule has 0 radical (unpaired) electrons. The molecule has 120 valence electrons. The Morgan fingerprint density at radius 3 is 2.73 bits per heavy atom. The van der Waals surface area contributed by atoms with Crippen molar-refractivity contribution in [3.63, 3.8) is 0 Å². The van der Waals surface area contributed by atoms with Crippen molar-refractivity contribution in [2.24, 2.45) is 10.7 Å². The van der Waals surface area contributed by atoms with Crippen LogP contribution in [0.4, 0.5) is 0 Å². The van der Waals surface area contributed by atoms with Crippen LogP contribution in [0.5, 0.6) is 5.75 Å². The van der Waals surface area contributed by atoms with Crippen LogP contribution < -0.4 is 11.1 Å². The lowest BCUT2D eigenvalue weighted by Crippen LogP contribution is -2.41. The first kappa shape index (κ1) is 15.2. The molecule has 0 heterocycles. The Bertz CT molecular complexity index is 548. The smallest absolute Gasteiger partial charge is 0.189 e. The number of aryl methyl sites for hydroxylation is 1. The first-order chi connectivity index (χ1) is 10.7. The van der Waals surface area contributed by atoms with E-state index in [1.807, 2.05) is 0 Å². The molecule has 1 aromatic carbocycles. The van der Waals surface area contributed by atoms with Gasteiger partial charge in [-0.05, 0) is 55.7 Å². The van der Waals surface area contributed by atoms with Gasteiger partial charge in [-0.25, -0.2) is 4.99 Å². The van der Waals surface area contributed by atoms with Gasteiger partial charge >= 0.3 is 0 Å². The third-order valence-electron chi connectivity index (χ3n) is 4.99. The van der Waals surface area contributed by atoms with E-state index in [2.05, 4.69) is 16.4 Å². The molecule has 0 saturated heterocycles. The predicted molar refractivity (Wildman–Crippen MR) is 90.1 cm³/mol. The number of phenols is 1. The molecule has 1 aromatic rings. The molecule has 0 bridgehead atoms. The van der Waals surface area contributed by atoms with Gasteiger partial charge in [-0.1, -0.05) is 25.3 Å². The van der Waals surface area contributed by atoms with Gasteiger partial charge in [-0.2, -0.15) is 0 Å². The summed E-state index contributed by atoms with van der Waals surface area (Å²) in [6, 6.07) is 4.33. The van der Waals surface area contributed by atoms with Crippen LogP contribution in [0.3, 0.4) is 0 Å². The minimum atomic E-state index is 0.356. The zero-order valence-electron chi connectivity index (χ0n) is 13.3. The fraction of sp³-hybridized carbons (Fsp3) is 0.611. The van der Waals surface area contributed by atoms with Crippen molar-refractivity contribution in [1.82, 2.24) is 5.32 Å². The number of fused-ring (bicyclic) bond motifs is 1. The number of hydrogen-bond donors (Lipinski definition) is 3. The van der Waals surface area contributed by atoms with E-state index in [1.165, 1.54) is 56.1 Å². The van der Waals surface area contributed by atoms with Crippen LogP contribution in [-0.2, 0) is 19.4 Å². The highest BCUT2D eigenvalue weighted by atomic mass is 16.3. The molecule has 1 saturated carbocycles. The molecular weight excluding hydrogens is 274 g/mol. The molecule has 1 fully saturated rings. The molecule has 0 aromatic heterocycles. The number of nitrogens with one attached hydrogen (secondary N) is 1. The largest absolute Gasteiger partial charge is 0.508 e. The van der Waals surface area contributed by atoms with E-state index in [-0.39, 0.29) is 0 Å². The summed E-state index contributed by atoms with van der Waals surface area (Å²) < 4.78 is 0. The van der Waals surface area contributed by atoms with E-state index in [0.717, 1.165) is 18.4 Å². The third-order valence-corrected chi connectivity index (χ3v) is 4.99. The maximum Gasteiger partial charge on any atom is 0.189 e. The molecule has 0 spiro atoms. The summed E-state index contributed by atoms with van der Waals surface area (Å²) in [7, 11) is 0. The lowest BCUT2D eigenvalue weighted by molar-refractivity contribution is 0.412. The summed E-state index contributed by atoms with van der Waals surface area (Å²) >= 11 is 0. The number of nitrogens with two attached hydrogens (primary N) is 1. The van der Waals surface area contributed by atoms with Gasteiger partial charge < -0.3 is 16.2 Å². The van der Waals surface area contributed by atoms with Crippen molar-refractivity contribution in [1.29, 1.82) is 0 Å². The molecule has 0 atom stereocenters. The highest BCUT2D eigenvalue weighted by Crippen LogP contribution is 2.31. The van der Waals surface area contributed by atoms with Crippen molar-refractivity contribution in [3.05, 3.63) is 28.8 Å². The summed E-state index contributed by atoms with van der Waals surface area (Å²) in [5, 5.41) is 13.5. The topological polar surface area (TPSA) is 70.6 Å². The first-order valence-corrected chi connectivity index (χ1v) is 8.63. The zero-order chi connectivity index (χ0) is 15.4. The van der Waals surface area contributed by atoms with Gasteiger partial charge in [0.15, 0.2) is 5.96 Å². The number of nitrogens with zero attached hydrogens (tertiary/aromatic N) is 1. The van der Waals surface area contributed by atoms with Gasteiger partial charge in [0.2, 0.25) is 0 Å². The van der Waals surface area contributed by atoms with Gasteiger partial charge in [0, 0.05) is 11.6 Å². The van der Waals surface area contributed by atoms with E-state index in [1.54, 1.807) is 6.07 Å². The second-order valence-corrected chi connectivity index (χ2v) is 6.59. The standard InChI is InChI=1S/C18H27N3O/c19-18(21-14-7-2-1-3-8-14)20-12-16-15-9-5-4-6-13(15)10-11-17(16)22/h10-11,14,22H,1-9,12H2,(H3,19,20,21). The first-order valence-electron chi connectivity index (χ1n) is 8.63. The molecule has 4 N–H and O–H groups in total. The third kappa shape index (κ3) is 3.54. The number of aliphatic imine (C=N–C) groups is 1. The zero-order valence-corrected chi connectivity index (χ0v) is 13.3. The maximum atomic E-state index is 10.2. The van der Waals surface area contributed by atoms with Crippen molar-refractivity contribution in [3.8, 4) is 5.75 Å². The van der Waals surface area contributed by atoms with Crippen LogP contribution in [0.15, 0.2) is 17.1 Å². The Balaban J connectivity index is 1.68. The van der Waals surface area contributed by atoms with Crippen LogP contribution in [0, 0.1) is 0 Å². The van der Waals surface area contributed by atoms with Crippen molar-refractivity contribution >= 4 is 5.96 Å². The Labute approximate surface area is 132 Å². The van der Waals surface area contributed by atoms with Crippen LogP contribution in [0.25, 0.3) is 0 Å². The predicted octanol–water partition coefficient (Wildman–Crippen LogP) is 3.01. The van der Waals surface area contributed by atoms with E-state index < -0.39 is 0 Å². The summed E-state index contributed by atoms with van der Waals surface area (Å²) in [4.78, 5) is 4.48. The molecule has 22 heavy (non-hydrogen) atoms. The summed E-state index contributed by atoms with van der Waals surface area (Å²) in [5.41, 5.74) is 9.66. The minimum absolute atomic E-state index is 0.356. The number of phenolic OH excluding ortho intramolecular Hbond substituents is 1. The Morgan fingerprint density at radius 1 is 1.14 bits per heavy atom. The monoisotopic (exact) mass is 301 g/mol. The van der Waals surface area contributed by atoms with Crippen LogP contribution in [0.2, 0.25) is 0 Å². The van der Waals surface area contributed by atoms with E-state index >= 15 is 0 Å². The Morgan fingerprint density at radius 2 is 1.91 bits per heavy atom. The Hall–Kier alpha value is -1.71. The average molecular weight is 301 g/mol. The highest BCUT2D eigenvalue weighted by molar-refractivity contribution is 5.78. The van der Waals surface area contributed by atoms with Crippen molar-refractivity contribution < 1.29 is 5.11 Å². The molecule has 0 amide bonds. The average Bonchev–Trinajstić information content (AvgIpc) is 2.55. The summed E-state index contributed by atoms with van der Waals surface area (Å²) in [5.74, 6) is 0.870. The van der Waals surface area contributed by atoms with Gasteiger partial charge in [-0.15, -0.1) is 0 Å². The molecular formula is C18H27N3O. The van der Waals surface area contributed by atoms with E-state index in [9.17, 15) is 5.11 Å². The number of rotatable bonds is 3. The number of aromatic hydroxyl groups is 1. The minimum Gasteiger partial charge on any atom is -0.508 e. The van der Waals surface area contributed by atoms with Crippen molar-refractivity contribution in [2.75, 3.05) is 0 Å². The second-order valence-electron chi connectivity index (χ2n) is 6.59. The lowest BCUT2D eigenvalue weighted by atomic mass is 9.88. The quantitative estimate of drug-likeness (QED) is 0.593. The van der Waals surface area contributed by atoms with Gasteiger partial charge in [-0.3, -0.25) is 0 Å². The molecule has 3 rings (SSSR count). The SMILES string of the molecule is NC(=NCc1c(O)ccc2c1CCCC2)NC1CCCCC1. The van der Waals surface area contributed by atoms with Gasteiger partial charge in [0.25, 0.3) is 0 Å². The summed E-state index contributed by atoms with van der Waals surface area (Å²) in [6.45, 7) is 0.473. The van der Waals surface area contributed by atoms with E-state index in [0.29, 0.717) is 24.3 Å². The van der Waals surface area contributed by atoms with Crippen LogP contribution in [0.1, 0.15) is 61.6 Å². The molecule has 2 aliphatic carbocycles. The van der Waals surface area contributed by atoms with Crippen LogP contribution >= 0.6 is 0 Å². The van der Waals surface area contributed by atoms with Crippen molar-refractivity contribution in [2.45, 2.75) is 70.4 Å². The number of guanidine groups is 1. The number of benzene rings is 1. The van der Waals surface area contributed by atoms with Crippen LogP contribution in [-0.4, -0.2) is 17.1 Å². The molecule has 0 aliphatic heterocycles. The fourth-order valence-electron chi connectivity index (χ4n) is 3.73. The molecule has 0 unspecified atom stereocenters. The van der Waals surface area contributed by atoms with Gasteiger partial charge in [0.05, 0.1) is 6.54 Å².